The molecule has 14 heteroatoms. The SMILES string of the molecule is COc1c(C)c(OC)c([Si](c2c(C)c(OC)c(OC)c(C)c2OC)(c2c(C)c(OC)c(OC)c(C)c2OC)[C]2([Ti+3])C(C)=C(C)C(C)=C2C)c(C)c1OC.[Cl-].[Cl-].[Cl-]. The first-order valence-corrected chi connectivity index (χ1v) is 20.3. The second-order valence-corrected chi connectivity index (χ2v) is 19.4. The molecule has 0 aliphatic heterocycles. The van der Waals surface area contributed by atoms with E-state index in [9.17, 15) is 0 Å². The summed E-state index contributed by atoms with van der Waals surface area (Å²) in [5, 5.41) is 2.96. The van der Waals surface area contributed by atoms with Gasteiger partial charge >= 0.3 is 331 Å². The van der Waals surface area contributed by atoms with Crippen molar-refractivity contribution in [2.24, 2.45) is 0 Å². The van der Waals surface area contributed by atoms with Crippen LogP contribution in [-0.4, -0.2) is 72.1 Å². The molecule has 0 radical (unpaired) electrons. The Labute approximate surface area is 365 Å². The summed E-state index contributed by atoms with van der Waals surface area (Å²) >= 11 is 2.38. The largest absolute Gasteiger partial charge is 1.00 e. The monoisotopic (exact) mass is 886 g/mol. The summed E-state index contributed by atoms with van der Waals surface area (Å²) in [6.45, 7) is 21.3. The van der Waals surface area contributed by atoms with E-state index < -0.39 is 11.4 Å². The van der Waals surface area contributed by atoms with Crippen molar-refractivity contribution in [3.05, 3.63) is 55.7 Å². The Bertz CT molecular complexity index is 1840. The van der Waals surface area contributed by atoms with Gasteiger partial charge in [-0.1, -0.05) is 0 Å². The number of halogens is 3. The average Bonchev–Trinajstić information content (AvgIpc) is 3.29. The van der Waals surface area contributed by atoms with Gasteiger partial charge in [0.25, 0.3) is 0 Å². The van der Waals surface area contributed by atoms with Gasteiger partial charge < -0.3 is 37.2 Å². The van der Waals surface area contributed by atoms with Crippen LogP contribution in [0.15, 0.2) is 22.3 Å². The quantitative estimate of drug-likeness (QED) is 0.144. The molecule has 0 atom stereocenters. The summed E-state index contributed by atoms with van der Waals surface area (Å²) in [5.74, 6) is 5.77. The topological polar surface area (TPSA) is 83.1 Å². The molecule has 0 unspecified atom stereocenters. The van der Waals surface area contributed by atoms with Crippen molar-refractivity contribution in [1.29, 1.82) is 0 Å². The fourth-order valence-corrected chi connectivity index (χ4v) is 18.9. The van der Waals surface area contributed by atoms with Crippen molar-refractivity contribution in [1.82, 2.24) is 0 Å². The van der Waals surface area contributed by atoms with Crippen LogP contribution < -0.4 is 95.4 Å². The van der Waals surface area contributed by atoms with Gasteiger partial charge in [0.1, 0.15) is 0 Å². The van der Waals surface area contributed by atoms with Crippen LogP contribution in [0.1, 0.15) is 61.1 Å². The van der Waals surface area contributed by atoms with E-state index in [0.29, 0.717) is 51.7 Å². The van der Waals surface area contributed by atoms with Crippen LogP contribution in [0.2, 0.25) is 3.34 Å². The van der Waals surface area contributed by atoms with E-state index >= 15 is 0 Å². The van der Waals surface area contributed by atoms with Crippen LogP contribution in [0, 0.1) is 41.5 Å². The van der Waals surface area contributed by atoms with Gasteiger partial charge in [-0.25, -0.2) is 0 Å². The van der Waals surface area contributed by atoms with Crippen LogP contribution in [0.4, 0.5) is 0 Å². The van der Waals surface area contributed by atoms with Gasteiger partial charge in [0, 0.05) is 0 Å². The summed E-state index contributed by atoms with van der Waals surface area (Å²) in [5.41, 5.74) is 10.0. The Balaban J connectivity index is 0.00000523. The van der Waals surface area contributed by atoms with E-state index in [2.05, 4.69) is 68.9 Å². The van der Waals surface area contributed by atoms with Crippen molar-refractivity contribution in [3.63, 3.8) is 0 Å². The van der Waals surface area contributed by atoms with Gasteiger partial charge in [0.05, 0.1) is 0 Å². The molecule has 0 fully saturated rings. The summed E-state index contributed by atoms with van der Waals surface area (Å²) in [4.78, 5) is 0. The molecule has 1 aliphatic rings. The molecule has 0 aromatic heterocycles. The van der Waals surface area contributed by atoms with Crippen molar-refractivity contribution in [2.45, 2.75) is 72.6 Å². The standard InChI is InChI=1S/C42H57O9Si.3ClH.Ti/c1-20-21(2)23(4)39(22(20)3)52(40-27(8)33(46-14)30(43-11)24(5)36(40)49-17,41-28(9)34(47-15)31(44-12)25(6)37(41)50-18)42-29(10)35(48-16)32(45-13)26(7)38(42)51-19;;;;/h1-19H3;3*1H;/q;;;;+3/p-3. The third-order valence-corrected chi connectivity index (χ3v) is 20.7. The zero-order chi connectivity index (χ0) is 40.1. The molecular weight excluding hydrogens is 831 g/mol. The smallest absolute Gasteiger partial charge is 1.00 e. The fraction of sp³-hybridized carbons (Fsp3) is 0.476. The third-order valence-electron chi connectivity index (χ3n) is 11.8. The number of hydrogen-bond donors (Lipinski definition) is 0. The molecule has 0 saturated carbocycles. The average molecular weight is 888 g/mol. The molecular formula is C42H57Cl3O9SiTi. The summed E-state index contributed by atoms with van der Waals surface area (Å²) in [7, 11) is 11.3. The van der Waals surface area contributed by atoms with Gasteiger partial charge in [-0.15, -0.1) is 0 Å². The number of rotatable bonds is 13. The number of ether oxygens (including phenoxy) is 9. The maximum Gasteiger partial charge on any atom is -1.00 e. The van der Waals surface area contributed by atoms with Crippen LogP contribution in [-0.2, 0) is 20.4 Å². The number of allylic oxidation sites excluding steroid dienone is 4. The van der Waals surface area contributed by atoms with E-state index in [1.165, 1.54) is 22.3 Å². The Morgan fingerprint density at radius 3 is 0.679 bits per heavy atom. The zero-order valence-corrected chi connectivity index (χ0v) is 41.1. The van der Waals surface area contributed by atoms with Gasteiger partial charge in [-0.05, 0) is 0 Å². The first-order valence-electron chi connectivity index (χ1n) is 17.5. The first-order chi connectivity index (χ1) is 25.0. The molecule has 0 saturated heterocycles. The van der Waals surface area contributed by atoms with Gasteiger partial charge in [-0.3, -0.25) is 0 Å². The molecule has 3 aromatic rings. The molecule has 4 rings (SSSR count). The van der Waals surface area contributed by atoms with E-state index in [0.717, 1.165) is 48.9 Å². The summed E-state index contributed by atoms with van der Waals surface area (Å²) in [6, 6.07) is 0. The summed E-state index contributed by atoms with van der Waals surface area (Å²) in [6.07, 6.45) is 0. The molecule has 1 aliphatic carbocycles. The minimum atomic E-state index is -3.90. The Morgan fingerprint density at radius 2 is 0.500 bits per heavy atom. The second kappa shape index (κ2) is 19.3. The zero-order valence-electron chi connectivity index (χ0n) is 36.3. The molecule has 0 N–H and O–H groups in total. The predicted octanol–water partition coefficient (Wildman–Crippen LogP) is -1.97. The minimum absolute atomic E-state index is 0. The predicted molar refractivity (Wildman–Crippen MR) is 211 cm³/mol. The van der Waals surface area contributed by atoms with Crippen LogP contribution in [0.25, 0.3) is 0 Å². The van der Waals surface area contributed by atoms with Gasteiger partial charge in [0.2, 0.25) is 0 Å². The first kappa shape index (κ1) is 51.2. The van der Waals surface area contributed by atoms with Crippen molar-refractivity contribution >= 4 is 23.6 Å². The van der Waals surface area contributed by atoms with Crippen molar-refractivity contribution < 1.29 is 100 Å². The second-order valence-electron chi connectivity index (χ2n) is 13.7. The molecule has 9 nitrogen and oxygen atoms in total. The van der Waals surface area contributed by atoms with Crippen molar-refractivity contribution in [2.75, 3.05) is 64.0 Å². The molecule has 56 heavy (non-hydrogen) atoms. The van der Waals surface area contributed by atoms with E-state index in [4.69, 9.17) is 42.6 Å². The van der Waals surface area contributed by atoms with E-state index in [1.54, 1.807) is 64.0 Å². The fourth-order valence-electron chi connectivity index (χ4n) is 9.25. The summed E-state index contributed by atoms with van der Waals surface area (Å²) < 4.78 is 56.4. The molecule has 0 spiro atoms. The normalized spacial score (nSPS) is 13.3. The molecule has 0 bridgehead atoms. The van der Waals surface area contributed by atoms with E-state index in [-0.39, 0.29) is 37.2 Å². The van der Waals surface area contributed by atoms with Crippen LogP contribution >= 0.6 is 0 Å². The molecule has 0 amide bonds. The Hall–Kier alpha value is -2.86. The maximum atomic E-state index is 6.64. The van der Waals surface area contributed by atoms with Gasteiger partial charge in [0.15, 0.2) is 0 Å². The molecule has 3 aromatic carbocycles. The van der Waals surface area contributed by atoms with E-state index in [1.807, 2.05) is 20.8 Å². The maximum absolute atomic E-state index is 6.64. The van der Waals surface area contributed by atoms with Crippen LogP contribution in [0.3, 0.4) is 0 Å². The Morgan fingerprint density at radius 1 is 0.321 bits per heavy atom. The van der Waals surface area contributed by atoms with Crippen molar-refractivity contribution in [3.8, 4) is 51.7 Å². The minimum Gasteiger partial charge on any atom is -1.00 e. The number of hydrogen-bond acceptors (Lipinski definition) is 9. The molecule has 0 heterocycles. The third kappa shape index (κ3) is 6.74. The van der Waals surface area contributed by atoms with Gasteiger partial charge in [-0.2, -0.15) is 0 Å². The number of benzene rings is 3. The Kier molecular flexibility index (Phi) is 17.6. The number of methoxy groups -OCH3 is 9. The molecule has 308 valence electrons. The van der Waals surface area contributed by atoms with Crippen LogP contribution in [0.5, 0.6) is 51.7 Å².